The third kappa shape index (κ3) is 4.91. The molecule has 5 nitrogen and oxygen atoms in total. The van der Waals surface area contributed by atoms with Crippen molar-refractivity contribution in [2.24, 2.45) is 5.73 Å². The van der Waals surface area contributed by atoms with E-state index in [1.807, 2.05) is 30.3 Å². The summed E-state index contributed by atoms with van der Waals surface area (Å²) in [7, 11) is 1.58. The number of nitrogens with zero attached hydrogens (tertiary/aromatic N) is 2. The van der Waals surface area contributed by atoms with Crippen LogP contribution in [0.1, 0.15) is 11.1 Å². The second-order valence-electron chi connectivity index (χ2n) is 5.47. The van der Waals surface area contributed by atoms with Gasteiger partial charge < -0.3 is 15.6 Å². The topological polar surface area (TPSA) is 81.3 Å². The average molecular weight is 424 g/mol. The minimum atomic E-state index is -0.0827. The zero-order valence-corrected chi connectivity index (χ0v) is 16.9. The van der Waals surface area contributed by atoms with Gasteiger partial charge in [0.2, 0.25) is 5.88 Å². The highest BCUT2D eigenvalue weighted by molar-refractivity contribution is 7.99. The van der Waals surface area contributed by atoms with E-state index < -0.39 is 0 Å². The SMILES string of the molecule is COc1cc(-c2cc(Cl)c(Sc3ncccc3CO)c(CN)c2)ccn1.Cl. The fraction of sp³-hybridized carbons (Fsp3) is 0.158. The molecule has 0 aliphatic rings. The van der Waals surface area contributed by atoms with E-state index in [0.717, 1.165) is 27.1 Å². The molecule has 0 saturated carbocycles. The van der Waals surface area contributed by atoms with Gasteiger partial charge in [-0.2, -0.15) is 0 Å². The maximum atomic E-state index is 9.51. The van der Waals surface area contributed by atoms with Gasteiger partial charge in [-0.25, -0.2) is 9.97 Å². The van der Waals surface area contributed by atoms with Crippen LogP contribution in [0.3, 0.4) is 0 Å². The highest BCUT2D eigenvalue weighted by Gasteiger charge is 2.14. The van der Waals surface area contributed by atoms with Crippen LogP contribution in [0, 0.1) is 0 Å². The summed E-state index contributed by atoms with van der Waals surface area (Å²) < 4.78 is 5.19. The van der Waals surface area contributed by atoms with Gasteiger partial charge in [0.25, 0.3) is 0 Å². The second kappa shape index (κ2) is 9.92. The lowest BCUT2D eigenvalue weighted by Crippen LogP contribution is -2.01. The Bertz CT molecular complexity index is 925. The monoisotopic (exact) mass is 423 g/mol. The maximum Gasteiger partial charge on any atom is 0.213 e. The minimum Gasteiger partial charge on any atom is -0.481 e. The van der Waals surface area contributed by atoms with E-state index in [4.69, 9.17) is 22.1 Å². The number of aromatic nitrogens is 2. The standard InChI is InChI=1S/C19H18ClN3O2S.ClH/c1-25-17-9-12(4-6-22-17)14-7-15(10-21)18(16(20)8-14)26-19-13(11-24)3-2-5-23-19;/h2-9,24H,10-11,21H2,1H3;1H. The van der Waals surface area contributed by atoms with Crippen LogP contribution in [0.15, 0.2) is 58.7 Å². The molecule has 0 unspecified atom stereocenters. The van der Waals surface area contributed by atoms with Crippen molar-refractivity contribution in [2.45, 2.75) is 23.1 Å². The van der Waals surface area contributed by atoms with Crippen molar-refractivity contribution in [3.8, 4) is 17.0 Å². The van der Waals surface area contributed by atoms with E-state index in [-0.39, 0.29) is 19.0 Å². The first kappa shape index (κ1) is 21.5. The molecule has 0 aliphatic carbocycles. The molecule has 0 atom stereocenters. The summed E-state index contributed by atoms with van der Waals surface area (Å²) in [5, 5.41) is 10.8. The van der Waals surface area contributed by atoms with E-state index in [1.165, 1.54) is 11.8 Å². The van der Waals surface area contributed by atoms with Gasteiger partial charge in [0.1, 0.15) is 5.03 Å². The Labute approximate surface area is 173 Å². The third-order valence-electron chi connectivity index (χ3n) is 3.84. The summed E-state index contributed by atoms with van der Waals surface area (Å²) in [6.07, 6.45) is 3.38. The fourth-order valence-electron chi connectivity index (χ4n) is 2.52. The summed E-state index contributed by atoms with van der Waals surface area (Å²) in [5.41, 5.74) is 9.50. The predicted octanol–water partition coefficient (Wildman–Crippen LogP) is 4.33. The van der Waals surface area contributed by atoms with Gasteiger partial charge in [-0.1, -0.05) is 29.4 Å². The molecule has 1 aromatic carbocycles. The first-order chi connectivity index (χ1) is 12.7. The molecule has 0 aliphatic heterocycles. The largest absolute Gasteiger partial charge is 0.481 e. The van der Waals surface area contributed by atoms with Gasteiger partial charge in [0.15, 0.2) is 0 Å². The number of halogens is 2. The molecule has 0 saturated heterocycles. The number of rotatable bonds is 6. The van der Waals surface area contributed by atoms with Gasteiger partial charge >= 0.3 is 0 Å². The third-order valence-corrected chi connectivity index (χ3v) is 5.49. The Hall–Kier alpha value is -1.83. The van der Waals surface area contributed by atoms with Gasteiger partial charge in [0.05, 0.1) is 18.7 Å². The van der Waals surface area contributed by atoms with Crippen molar-refractivity contribution in [1.82, 2.24) is 9.97 Å². The number of methoxy groups -OCH3 is 1. The summed E-state index contributed by atoms with van der Waals surface area (Å²) in [6, 6.07) is 11.3. The van der Waals surface area contributed by atoms with Crippen molar-refractivity contribution in [1.29, 1.82) is 0 Å². The number of pyridine rings is 2. The van der Waals surface area contributed by atoms with Crippen LogP contribution in [0.2, 0.25) is 5.02 Å². The van der Waals surface area contributed by atoms with Gasteiger partial charge in [0, 0.05) is 35.5 Å². The van der Waals surface area contributed by atoms with Crippen molar-refractivity contribution >= 4 is 35.8 Å². The molecule has 3 aromatic rings. The maximum absolute atomic E-state index is 9.51. The van der Waals surface area contributed by atoms with Crippen LogP contribution in [-0.4, -0.2) is 22.2 Å². The Morgan fingerprint density at radius 3 is 2.63 bits per heavy atom. The van der Waals surface area contributed by atoms with E-state index >= 15 is 0 Å². The van der Waals surface area contributed by atoms with Crippen LogP contribution in [0.25, 0.3) is 11.1 Å². The molecule has 0 fully saturated rings. The lowest BCUT2D eigenvalue weighted by Gasteiger charge is -2.14. The molecule has 8 heteroatoms. The van der Waals surface area contributed by atoms with E-state index in [2.05, 4.69) is 9.97 Å². The highest BCUT2D eigenvalue weighted by Crippen LogP contribution is 2.39. The molecular formula is C19H19Cl2N3O2S. The Morgan fingerprint density at radius 1 is 1.11 bits per heavy atom. The molecule has 27 heavy (non-hydrogen) atoms. The molecule has 2 aromatic heterocycles. The number of aliphatic hydroxyl groups is 1. The molecule has 0 radical (unpaired) electrons. The van der Waals surface area contributed by atoms with Crippen molar-refractivity contribution in [3.05, 3.63) is 64.9 Å². The zero-order chi connectivity index (χ0) is 18.5. The number of nitrogens with two attached hydrogens (primary N) is 1. The van der Waals surface area contributed by atoms with Crippen LogP contribution in [0.4, 0.5) is 0 Å². The number of hydrogen-bond acceptors (Lipinski definition) is 6. The first-order valence-electron chi connectivity index (χ1n) is 7.91. The summed E-state index contributed by atoms with van der Waals surface area (Å²) in [6.45, 7) is 0.250. The van der Waals surface area contributed by atoms with Crippen LogP contribution < -0.4 is 10.5 Å². The average Bonchev–Trinajstić information content (AvgIpc) is 2.69. The molecule has 0 spiro atoms. The van der Waals surface area contributed by atoms with Crippen LogP contribution in [-0.2, 0) is 13.2 Å². The Kier molecular flexibility index (Phi) is 7.89. The first-order valence-corrected chi connectivity index (χ1v) is 9.11. The fourth-order valence-corrected chi connectivity index (χ4v) is 3.87. The van der Waals surface area contributed by atoms with Crippen LogP contribution >= 0.6 is 35.8 Å². The number of ether oxygens (including phenoxy) is 1. The van der Waals surface area contributed by atoms with Crippen molar-refractivity contribution in [3.63, 3.8) is 0 Å². The van der Waals surface area contributed by atoms with Crippen molar-refractivity contribution in [2.75, 3.05) is 7.11 Å². The zero-order valence-electron chi connectivity index (χ0n) is 14.6. The molecule has 3 N–H and O–H groups in total. The Balaban J connectivity index is 0.00000261. The lowest BCUT2D eigenvalue weighted by atomic mass is 10.0. The summed E-state index contributed by atoms with van der Waals surface area (Å²) in [5.74, 6) is 0.535. The Morgan fingerprint density at radius 2 is 1.93 bits per heavy atom. The molecule has 0 bridgehead atoms. The number of benzene rings is 1. The second-order valence-corrected chi connectivity index (χ2v) is 6.87. The van der Waals surface area contributed by atoms with Gasteiger partial charge in [-0.3, -0.25) is 0 Å². The molecular weight excluding hydrogens is 405 g/mol. The van der Waals surface area contributed by atoms with E-state index in [0.29, 0.717) is 22.5 Å². The quantitative estimate of drug-likeness (QED) is 0.613. The lowest BCUT2D eigenvalue weighted by molar-refractivity contribution is 0.278. The summed E-state index contributed by atoms with van der Waals surface area (Å²) >= 11 is 7.98. The predicted molar refractivity (Wildman–Crippen MR) is 111 cm³/mol. The molecule has 142 valence electrons. The minimum absolute atomic E-state index is 0. The van der Waals surface area contributed by atoms with Gasteiger partial charge in [-0.15, -0.1) is 12.4 Å². The number of hydrogen-bond donors (Lipinski definition) is 2. The van der Waals surface area contributed by atoms with Crippen molar-refractivity contribution < 1.29 is 9.84 Å². The normalized spacial score (nSPS) is 10.4. The molecule has 3 rings (SSSR count). The van der Waals surface area contributed by atoms with Crippen LogP contribution in [0.5, 0.6) is 5.88 Å². The molecule has 0 amide bonds. The highest BCUT2D eigenvalue weighted by atomic mass is 35.5. The number of aliphatic hydroxyl groups excluding tert-OH is 1. The van der Waals surface area contributed by atoms with E-state index in [1.54, 1.807) is 25.6 Å². The molecule has 2 heterocycles. The van der Waals surface area contributed by atoms with E-state index in [9.17, 15) is 5.11 Å². The summed E-state index contributed by atoms with van der Waals surface area (Å²) in [4.78, 5) is 9.31. The smallest absolute Gasteiger partial charge is 0.213 e. The van der Waals surface area contributed by atoms with Gasteiger partial charge in [-0.05, 0) is 41.0 Å².